The molecule has 3 heterocycles. The summed E-state index contributed by atoms with van der Waals surface area (Å²) in [6, 6.07) is 5.31. The van der Waals surface area contributed by atoms with Gasteiger partial charge in [0.2, 0.25) is 5.82 Å². The fourth-order valence-electron chi connectivity index (χ4n) is 2.12. The Morgan fingerprint density at radius 3 is 2.92 bits per heavy atom. The number of rotatable bonds is 4. The molecule has 24 heavy (non-hydrogen) atoms. The van der Waals surface area contributed by atoms with Crippen LogP contribution in [-0.2, 0) is 4.74 Å². The predicted molar refractivity (Wildman–Crippen MR) is 84.3 cm³/mol. The number of halogens is 1. The lowest BCUT2D eigenvalue weighted by Gasteiger charge is -2.27. The van der Waals surface area contributed by atoms with Gasteiger partial charge in [0.25, 0.3) is 0 Å². The number of amides is 1. The summed E-state index contributed by atoms with van der Waals surface area (Å²) in [6.45, 7) is 1.98. The number of ether oxygens (including phenoxy) is 1. The largest absolute Gasteiger partial charge is 0.378 e. The highest BCUT2D eigenvalue weighted by Gasteiger charge is 2.19. The van der Waals surface area contributed by atoms with Gasteiger partial charge < -0.3 is 9.64 Å². The van der Waals surface area contributed by atoms with Gasteiger partial charge in [-0.05, 0) is 12.1 Å². The molecule has 0 aliphatic carbocycles. The van der Waals surface area contributed by atoms with Crippen LogP contribution < -0.4 is 10.3 Å². The second-order valence-electron chi connectivity index (χ2n) is 4.92. The van der Waals surface area contributed by atoms with E-state index in [2.05, 4.69) is 25.5 Å². The maximum atomic E-state index is 13.9. The van der Waals surface area contributed by atoms with Crippen LogP contribution in [0.25, 0.3) is 0 Å². The van der Waals surface area contributed by atoms with E-state index in [9.17, 15) is 9.18 Å². The minimum atomic E-state index is -0.628. The first-order chi connectivity index (χ1) is 11.7. The smallest absolute Gasteiger partial charge is 0.309 e. The molecular formula is C15H15FN6O2. The number of hydrogen-bond acceptors (Lipinski definition) is 7. The third-order valence-corrected chi connectivity index (χ3v) is 3.29. The summed E-state index contributed by atoms with van der Waals surface area (Å²) in [5.74, 6) is -1.27. The molecule has 0 bridgehead atoms. The number of hydrazone groups is 1. The highest BCUT2D eigenvalue weighted by Crippen LogP contribution is 2.16. The van der Waals surface area contributed by atoms with E-state index in [1.165, 1.54) is 6.21 Å². The van der Waals surface area contributed by atoms with Crippen molar-refractivity contribution in [1.82, 2.24) is 20.4 Å². The second-order valence-corrected chi connectivity index (χ2v) is 4.92. The quantitative estimate of drug-likeness (QED) is 0.652. The third-order valence-electron chi connectivity index (χ3n) is 3.29. The molecular weight excluding hydrogens is 315 g/mol. The predicted octanol–water partition coefficient (Wildman–Crippen LogP) is 0.611. The lowest BCUT2D eigenvalue weighted by atomic mass is 10.4. The number of morpholine rings is 1. The van der Waals surface area contributed by atoms with Crippen LogP contribution in [-0.4, -0.2) is 53.4 Å². The van der Waals surface area contributed by atoms with Crippen LogP contribution in [0.15, 0.2) is 35.7 Å². The average molecular weight is 330 g/mol. The number of nitrogens with one attached hydrogen (secondary N) is 1. The summed E-state index contributed by atoms with van der Waals surface area (Å²) in [7, 11) is 0. The van der Waals surface area contributed by atoms with Gasteiger partial charge in [0, 0.05) is 19.3 Å². The lowest BCUT2D eigenvalue weighted by Crippen LogP contribution is -2.38. The van der Waals surface area contributed by atoms with Gasteiger partial charge >= 0.3 is 5.91 Å². The van der Waals surface area contributed by atoms with Crippen molar-refractivity contribution >= 4 is 17.9 Å². The van der Waals surface area contributed by atoms with E-state index < -0.39 is 11.7 Å². The Morgan fingerprint density at radius 1 is 1.33 bits per heavy atom. The van der Waals surface area contributed by atoms with Crippen molar-refractivity contribution in [2.24, 2.45) is 5.10 Å². The molecule has 8 nitrogen and oxygen atoms in total. The molecule has 9 heteroatoms. The number of aromatic nitrogens is 3. The Balaban J connectivity index is 1.69. The Labute approximate surface area is 137 Å². The van der Waals surface area contributed by atoms with Gasteiger partial charge in [-0.2, -0.15) is 5.10 Å². The number of nitrogens with zero attached hydrogens (tertiary/aromatic N) is 5. The van der Waals surface area contributed by atoms with E-state index in [4.69, 9.17) is 4.74 Å². The molecule has 0 radical (unpaired) electrons. The highest BCUT2D eigenvalue weighted by molar-refractivity contribution is 5.91. The fraction of sp³-hybridized carbons (Fsp3) is 0.267. The fourth-order valence-corrected chi connectivity index (χ4v) is 2.12. The normalized spacial score (nSPS) is 14.8. The van der Waals surface area contributed by atoms with Crippen LogP contribution in [0, 0.1) is 5.82 Å². The zero-order valence-corrected chi connectivity index (χ0v) is 12.7. The van der Waals surface area contributed by atoms with Crippen molar-refractivity contribution in [3.8, 4) is 0 Å². The number of carbonyl (C=O) groups is 1. The number of carbonyl (C=O) groups excluding carboxylic acids is 1. The molecule has 0 atom stereocenters. The number of anilines is 1. The van der Waals surface area contributed by atoms with Gasteiger partial charge in [0.15, 0.2) is 11.6 Å². The van der Waals surface area contributed by atoms with Crippen molar-refractivity contribution in [2.45, 2.75) is 0 Å². The molecule has 2 aromatic rings. The first-order valence-corrected chi connectivity index (χ1v) is 7.34. The molecule has 2 aromatic heterocycles. The first-order valence-electron chi connectivity index (χ1n) is 7.34. The van der Waals surface area contributed by atoms with Crippen LogP contribution in [0.2, 0.25) is 0 Å². The topological polar surface area (TPSA) is 92.6 Å². The third kappa shape index (κ3) is 3.87. The Kier molecular flexibility index (Phi) is 5.02. The van der Waals surface area contributed by atoms with Crippen LogP contribution in [0.1, 0.15) is 16.3 Å². The number of hydrogen-bond donors (Lipinski definition) is 1. The molecule has 1 amide bonds. The molecule has 0 saturated carbocycles. The average Bonchev–Trinajstić information content (AvgIpc) is 2.63. The van der Waals surface area contributed by atoms with E-state index in [0.29, 0.717) is 32.0 Å². The first kappa shape index (κ1) is 15.9. The molecule has 0 aromatic carbocycles. The molecule has 0 unspecified atom stereocenters. The van der Waals surface area contributed by atoms with Gasteiger partial charge in [0.05, 0.1) is 31.3 Å². The van der Waals surface area contributed by atoms with E-state index in [1.807, 2.05) is 0 Å². The van der Waals surface area contributed by atoms with Crippen molar-refractivity contribution in [3.63, 3.8) is 0 Å². The highest BCUT2D eigenvalue weighted by atomic mass is 19.1. The minimum absolute atomic E-state index is 0.0900. The second kappa shape index (κ2) is 7.55. The van der Waals surface area contributed by atoms with E-state index >= 15 is 0 Å². The summed E-state index contributed by atoms with van der Waals surface area (Å²) in [5, 5.41) is 3.79. The van der Waals surface area contributed by atoms with Gasteiger partial charge in [-0.25, -0.2) is 19.8 Å². The van der Waals surface area contributed by atoms with E-state index in [-0.39, 0.29) is 11.6 Å². The lowest BCUT2D eigenvalue weighted by molar-refractivity contribution is 0.0944. The molecule has 1 aliphatic rings. The summed E-state index contributed by atoms with van der Waals surface area (Å²) in [4.78, 5) is 25.5. The zero-order valence-electron chi connectivity index (χ0n) is 12.7. The van der Waals surface area contributed by atoms with Crippen LogP contribution in [0.5, 0.6) is 0 Å². The van der Waals surface area contributed by atoms with E-state index in [1.54, 1.807) is 29.3 Å². The van der Waals surface area contributed by atoms with Crippen LogP contribution in [0.3, 0.4) is 0 Å². The van der Waals surface area contributed by atoms with Crippen LogP contribution >= 0.6 is 0 Å². The molecule has 1 aliphatic heterocycles. The maximum Gasteiger partial charge on any atom is 0.309 e. The van der Waals surface area contributed by atoms with Crippen molar-refractivity contribution in [2.75, 3.05) is 31.2 Å². The molecule has 0 spiro atoms. The molecule has 3 rings (SSSR count). The molecule has 1 N–H and O–H groups in total. The maximum absolute atomic E-state index is 13.9. The van der Waals surface area contributed by atoms with Crippen molar-refractivity contribution < 1.29 is 13.9 Å². The van der Waals surface area contributed by atoms with Crippen molar-refractivity contribution in [1.29, 1.82) is 0 Å². The molecule has 1 fully saturated rings. The molecule has 1 saturated heterocycles. The monoisotopic (exact) mass is 330 g/mol. The number of pyridine rings is 1. The van der Waals surface area contributed by atoms with Gasteiger partial charge in [-0.1, -0.05) is 6.07 Å². The van der Waals surface area contributed by atoms with Gasteiger partial charge in [-0.3, -0.25) is 9.78 Å². The SMILES string of the molecule is O=C(N/N=C/c1ccccn1)c1ncc(F)c(N2CCOCC2)n1. The summed E-state index contributed by atoms with van der Waals surface area (Å²) >= 11 is 0. The van der Waals surface area contributed by atoms with Gasteiger partial charge in [0.1, 0.15) is 0 Å². The zero-order chi connectivity index (χ0) is 16.8. The van der Waals surface area contributed by atoms with E-state index in [0.717, 1.165) is 6.20 Å². The summed E-state index contributed by atoms with van der Waals surface area (Å²) < 4.78 is 19.1. The summed E-state index contributed by atoms with van der Waals surface area (Å²) in [6.07, 6.45) is 3.99. The Bertz CT molecular complexity index is 734. The van der Waals surface area contributed by atoms with Crippen molar-refractivity contribution in [3.05, 3.63) is 47.9 Å². The Morgan fingerprint density at radius 2 is 2.17 bits per heavy atom. The Hall–Kier alpha value is -2.94. The summed E-state index contributed by atoms with van der Waals surface area (Å²) in [5.41, 5.74) is 2.89. The van der Waals surface area contributed by atoms with Gasteiger partial charge in [-0.15, -0.1) is 0 Å². The standard InChI is InChI=1S/C15H15FN6O2/c16-12-10-18-13(20-14(12)22-5-7-24-8-6-22)15(23)21-19-9-11-3-1-2-4-17-11/h1-4,9-10H,5-8H2,(H,21,23)/b19-9+. The molecule has 124 valence electrons. The minimum Gasteiger partial charge on any atom is -0.378 e. The van der Waals surface area contributed by atoms with Crippen LogP contribution in [0.4, 0.5) is 10.2 Å².